The first kappa shape index (κ1) is 26.7. The van der Waals surface area contributed by atoms with Crippen LogP contribution in [0.3, 0.4) is 0 Å². The lowest BCUT2D eigenvalue weighted by Gasteiger charge is -2.20. The van der Waals surface area contributed by atoms with Crippen molar-refractivity contribution in [3.8, 4) is 11.5 Å². The van der Waals surface area contributed by atoms with Crippen LogP contribution in [0.2, 0.25) is 0 Å². The number of aryl methyl sites for hydroxylation is 2. The molecule has 0 radical (unpaired) electrons. The molecule has 1 heterocycles. The average Bonchev–Trinajstić information content (AvgIpc) is 3.35. The summed E-state index contributed by atoms with van der Waals surface area (Å²) < 4.78 is 17.9. The molecule has 1 aromatic heterocycles. The molecule has 3 aromatic carbocycles. The van der Waals surface area contributed by atoms with Crippen molar-refractivity contribution in [1.29, 1.82) is 0 Å². The van der Waals surface area contributed by atoms with Crippen LogP contribution in [0.15, 0.2) is 77.3 Å². The van der Waals surface area contributed by atoms with Crippen molar-refractivity contribution in [1.82, 2.24) is 5.16 Å². The predicted octanol–water partition coefficient (Wildman–Crippen LogP) is 6.04. The van der Waals surface area contributed by atoms with Crippen molar-refractivity contribution in [3.05, 3.63) is 112 Å². The molecule has 0 unspecified atom stereocenters. The maximum atomic E-state index is 12.2. The van der Waals surface area contributed by atoms with Gasteiger partial charge in [0.1, 0.15) is 30.5 Å². The molecule has 0 saturated carbocycles. The van der Waals surface area contributed by atoms with Crippen molar-refractivity contribution < 1.29 is 23.6 Å². The number of ketones is 1. The van der Waals surface area contributed by atoms with Gasteiger partial charge in [-0.15, -0.1) is 0 Å². The third-order valence-electron chi connectivity index (χ3n) is 6.26. The highest BCUT2D eigenvalue weighted by atomic mass is 16.5. The number of rotatable bonds is 12. The first-order valence-electron chi connectivity index (χ1n) is 12.6. The van der Waals surface area contributed by atoms with Gasteiger partial charge in [-0.2, -0.15) is 0 Å². The van der Waals surface area contributed by atoms with Gasteiger partial charge in [-0.25, -0.2) is 0 Å². The minimum Gasteiger partial charge on any atom is -0.488 e. The van der Waals surface area contributed by atoms with E-state index in [0.717, 1.165) is 28.0 Å². The number of carbonyl (C=O) groups excluding carboxylic acids is 2. The largest absolute Gasteiger partial charge is 0.488 e. The van der Waals surface area contributed by atoms with Crippen LogP contribution < -0.4 is 15.2 Å². The molecule has 0 fully saturated rings. The van der Waals surface area contributed by atoms with E-state index in [0.29, 0.717) is 37.6 Å². The fourth-order valence-electron chi connectivity index (χ4n) is 4.28. The summed E-state index contributed by atoms with van der Waals surface area (Å²) >= 11 is 0. The Morgan fingerprint density at radius 3 is 1.97 bits per heavy atom. The van der Waals surface area contributed by atoms with E-state index >= 15 is 0 Å². The first-order chi connectivity index (χ1) is 18.3. The molecule has 7 heteroatoms. The maximum Gasteiger partial charge on any atom is 0.271 e. The van der Waals surface area contributed by atoms with E-state index in [4.69, 9.17) is 19.7 Å². The van der Waals surface area contributed by atoms with Crippen LogP contribution in [0.4, 0.5) is 0 Å². The molecular weight excluding hydrogens is 480 g/mol. The summed E-state index contributed by atoms with van der Waals surface area (Å²) in [4.78, 5) is 23.9. The Bertz CT molecular complexity index is 1390. The Kier molecular flexibility index (Phi) is 8.58. The number of hydrogen-bond donors (Lipinski definition) is 1. The van der Waals surface area contributed by atoms with E-state index in [-0.39, 0.29) is 23.0 Å². The highest BCUT2D eigenvalue weighted by Gasteiger charge is 2.24. The number of aromatic nitrogens is 1. The number of nitrogens with zero attached hydrogens (tertiary/aromatic N) is 1. The molecule has 0 aliphatic rings. The molecule has 0 aliphatic carbocycles. The van der Waals surface area contributed by atoms with Crippen LogP contribution in [0.5, 0.6) is 11.5 Å². The van der Waals surface area contributed by atoms with Gasteiger partial charge in [0, 0.05) is 12.5 Å². The van der Waals surface area contributed by atoms with Crippen LogP contribution in [0.25, 0.3) is 0 Å². The fraction of sp³-hybridized carbons (Fsp3) is 0.258. The normalized spacial score (nSPS) is 10.9. The lowest BCUT2D eigenvalue weighted by molar-refractivity contribution is 0.0969. The lowest BCUT2D eigenvalue weighted by atomic mass is 9.95. The number of benzene rings is 3. The van der Waals surface area contributed by atoms with Crippen molar-refractivity contribution in [2.75, 3.05) is 0 Å². The molecule has 4 aromatic rings. The number of nitrogens with two attached hydrogens (primary N) is 1. The number of primary amides is 1. The van der Waals surface area contributed by atoms with Crippen molar-refractivity contribution >= 4 is 11.7 Å². The van der Waals surface area contributed by atoms with Gasteiger partial charge in [0.05, 0.1) is 5.56 Å². The van der Waals surface area contributed by atoms with Gasteiger partial charge in [0.2, 0.25) is 0 Å². The van der Waals surface area contributed by atoms with Gasteiger partial charge in [-0.1, -0.05) is 79.7 Å². The van der Waals surface area contributed by atoms with E-state index in [1.54, 1.807) is 0 Å². The third kappa shape index (κ3) is 6.48. The Morgan fingerprint density at radius 1 is 0.868 bits per heavy atom. The summed E-state index contributed by atoms with van der Waals surface area (Å²) in [6, 6.07) is 24.0. The summed E-state index contributed by atoms with van der Waals surface area (Å²) in [6.07, 6.45) is 0.842. The highest BCUT2D eigenvalue weighted by Crippen LogP contribution is 2.36. The van der Waals surface area contributed by atoms with E-state index in [2.05, 4.69) is 25.1 Å². The van der Waals surface area contributed by atoms with Gasteiger partial charge in [-0.3, -0.25) is 9.59 Å². The Morgan fingerprint density at radius 2 is 1.45 bits per heavy atom. The zero-order chi connectivity index (χ0) is 27.1. The zero-order valence-corrected chi connectivity index (χ0v) is 21.9. The van der Waals surface area contributed by atoms with E-state index in [1.807, 2.05) is 66.7 Å². The second-order valence-electron chi connectivity index (χ2n) is 9.45. The number of Topliss-reactive ketones (excluding diaryl/α,β-unsaturated/α-hetero) is 1. The smallest absolute Gasteiger partial charge is 0.271 e. The molecule has 0 aliphatic heterocycles. The van der Waals surface area contributed by atoms with Crippen LogP contribution in [-0.4, -0.2) is 16.8 Å². The van der Waals surface area contributed by atoms with E-state index < -0.39 is 5.91 Å². The molecule has 0 bridgehead atoms. The minimum atomic E-state index is -0.793. The molecule has 4 rings (SSSR count). The first-order valence-corrected chi connectivity index (χ1v) is 12.6. The molecule has 38 heavy (non-hydrogen) atoms. The molecule has 2 N–H and O–H groups in total. The minimum absolute atomic E-state index is 0.135. The summed E-state index contributed by atoms with van der Waals surface area (Å²) in [5.41, 5.74) is 9.48. The van der Waals surface area contributed by atoms with Crippen molar-refractivity contribution in [2.45, 2.75) is 52.7 Å². The standard InChI is InChI=1S/C31H32N2O5/c1-20(2)25-16-24(14-15-26-29(21(3)34)30(31(32)35)33-38-26)27(36-18-22-10-6-4-7-11-22)17-28(25)37-19-23-12-8-5-9-13-23/h4-13,16-17,20H,14-15,18-19H2,1-3H3,(H2,32,35). The second kappa shape index (κ2) is 12.2. The Labute approximate surface area is 222 Å². The summed E-state index contributed by atoms with van der Waals surface area (Å²) in [5.74, 6) is 0.858. The highest BCUT2D eigenvalue weighted by molar-refractivity contribution is 6.06. The number of ether oxygens (including phenoxy) is 2. The van der Waals surface area contributed by atoms with Gasteiger partial charge in [-0.05, 0) is 47.6 Å². The van der Waals surface area contributed by atoms with Gasteiger partial charge >= 0.3 is 0 Å². The SMILES string of the molecule is CC(=O)c1c(C(N)=O)noc1CCc1cc(C(C)C)c(OCc2ccccc2)cc1OCc1ccccc1. The predicted molar refractivity (Wildman–Crippen MR) is 145 cm³/mol. The third-order valence-corrected chi connectivity index (χ3v) is 6.26. The summed E-state index contributed by atoms with van der Waals surface area (Å²) in [5, 5.41) is 3.74. The van der Waals surface area contributed by atoms with Gasteiger partial charge in [0.15, 0.2) is 11.5 Å². The zero-order valence-electron chi connectivity index (χ0n) is 21.9. The van der Waals surface area contributed by atoms with Crippen LogP contribution in [0.1, 0.15) is 75.5 Å². The van der Waals surface area contributed by atoms with E-state index in [9.17, 15) is 9.59 Å². The number of amides is 1. The average molecular weight is 513 g/mol. The molecule has 196 valence electrons. The van der Waals surface area contributed by atoms with Crippen molar-refractivity contribution in [2.24, 2.45) is 5.73 Å². The Hall–Kier alpha value is -4.39. The topological polar surface area (TPSA) is 105 Å². The molecule has 0 atom stereocenters. The van der Waals surface area contributed by atoms with Crippen molar-refractivity contribution in [3.63, 3.8) is 0 Å². The van der Waals surface area contributed by atoms with E-state index in [1.165, 1.54) is 6.92 Å². The van der Waals surface area contributed by atoms with Crippen LogP contribution in [0, 0.1) is 0 Å². The fourth-order valence-corrected chi connectivity index (χ4v) is 4.28. The second-order valence-corrected chi connectivity index (χ2v) is 9.45. The maximum absolute atomic E-state index is 12.2. The molecule has 0 spiro atoms. The Balaban J connectivity index is 1.65. The van der Waals surface area contributed by atoms with Crippen LogP contribution in [-0.2, 0) is 26.1 Å². The summed E-state index contributed by atoms with van der Waals surface area (Å²) in [7, 11) is 0. The monoisotopic (exact) mass is 512 g/mol. The quantitative estimate of drug-likeness (QED) is 0.232. The number of carbonyl (C=O) groups is 2. The summed E-state index contributed by atoms with van der Waals surface area (Å²) in [6.45, 7) is 6.42. The molecule has 0 saturated heterocycles. The van der Waals surface area contributed by atoms with Gasteiger partial charge < -0.3 is 19.7 Å². The lowest BCUT2D eigenvalue weighted by Crippen LogP contribution is -2.15. The van der Waals surface area contributed by atoms with Gasteiger partial charge in [0.25, 0.3) is 5.91 Å². The molecule has 1 amide bonds. The molecular formula is C31H32N2O5. The molecule has 7 nitrogen and oxygen atoms in total. The van der Waals surface area contributed by atoms with Crippen LogP contribution >= 0.6 is 0 Å². The number of hydrogen-bond acceptors (Lipinski definition) is 6.